The first-order chi connectivity index (χ1) is 15.8. The van der Waals surface area contributed by atoms with Crippen LogP contribution in [0.2, 0.25) is 5.02 Å². The summed E-state index contributed by atoms with van der Waals surface area (Å²) in [5.41, 5.74) is 0.669. The number of nitro groups is 1. The molecule has 8 nitrogen and oxygen atoms in total. The minimum Gasteiger partial charge on any atom is -0.496 e. The third kappa shape index (κ3) is 6.41. The average molecular weight is 531 g/mol. The van der Waals surface area contributed by atoms with E-state index in [9.17, 15) is 19.7 Å². The monoisotopic (exact) mass is 529 g/mol. The second-order valence-corrected chi connectivity index (χ2v) is 8.02. The lowest BCUT2D eigenvalue weighted by molar-refractivity contribution is -0.384. The molecular weight excluding hydrogens is 514 g/mol. The molecule has 3 aromatic rings. The molecule has 0 aliphatic carbocycles. The molecule has 2 N–H and O–H groups in total. The zero-order valence-electron chi connectivity index (χ0n) is 17.2. The van der Waals surface area contributed by atoms with E-state index < -0.39 is 16.7 Å². The molecule has 3 rings (SSSR count). The van der Waals surface area contributed by atoms with Gasteiger partial charge in [0, 0.05) is 27.3 Å². The molecule has 0 aromatic heterocycles. The van der Waals surface area contributed by atoms with Gasteiger partial charge in [0.05, 0.1) is 17.6 Å². The highest BCUT2D eigenvalue weighted by Gasteiger charge is 2.19. The Kier molecular flexibility index (Phi) is 7.81. The third-order valence-corrected chi connectivity index (χ3v) is 5.16. The van der Waals surface area contributed by atoms with Gasteiger partial charge >= 0.3 is 0 Å². The second-order valence-electron chi connectivity index (χ2n) is 6.67. The molecule has 33 heavy (non-hydrogen) atoms. The summed E-state index contributed by atoms with van der Waals surface area (Å²) >= 11 is 9.34. The van der Waals surface area contributed by atoms with Gasteiger partial charge in [-0.3, -0.25) is 19.7 Å². The third-order valence-electron chi connectivity index (χ3n) is 4.39. The van der Waals surface area contributed by atoms with E-state index in [1.807, 2.05) is 0 Å². The zero-order chi connectivity index (χ0) is 24.0. The summed E-state index contributed by atoms with van der Waals surface area (Å²) in [5, 5.41) is 16.7. The van der Waals surface area contributed by atoms with Gasteiger partial charge in [-0.15, -0.1) is 0 Å². The van der Waals surface area contributed by atoms with E-state index in [0.717, 1.165) is 4.47 Å². The van der Waals surface area contributed by atoms with Crippen LogP contribution in [-0.2, 0) is 4.79 Å². The van der Waals surface area contributed by atoms with Crippen molar-refractivity contribution in [2.75, 3.05) is 12.4 Å². The van der Waals surface area contributed by atoms with Crippen molar-refractivity contribution in [2.24, 2.45) is 0 Å². The van der Waals surface area contributed by atoms with Gasteiger partial charge in [-0.1, -0.05) is 39.7 Å². The van der Waals surface area contributed by atoms with Gasteiger partial charge in [-0.2, -0.15) is 0 Å². The molecule has 3 aromatic carbocycles. The standard InChI is InChI=1S/C23H17BrClN3O5/c1-33-21-10-7-16(25)13-19(21)22(29)27-20(12-14-3-2-4-18(11-14)28(31)32)23(30)26-17-8-5-15(24)6-9-17/h2-13H,1H3,(H,26,30)(H,27,29). The van der Waals surface area contributed by atoms with E-state index in [1.54, 1.807) is 36.4 Å². The number of non-ortho nitro benzene ring substituents is 1. The van der Waals surface area contributed by atoms with Crippen LogP contribution in [0, 0.1) is 10.1 Å². The number of benzene rings is 3. The lowest BCUT2D eigenvalue weighted by Crippen LogP contribution is -2.31. The summed E-state index contributed by atoms with van der Waals surface area (Å²) in [6.07, 6.45) is 1.34. The fraction of sp³-hybridized carbons (Fsp3) is 0.0435. The highest BCUT2D eigenvalue weighted by molar-refractivity contribution is 9.10. The Bertz CT molecular complexity index is 1250. The van der Waals surface area contributed by atoms with Crippen LogP contribution in [0.25, 0.3) is 6.08 Å². The predicted molar refractivity (Wildman–Crippen MR) is 129 cm³/mol. The number of carbonyl (C=O) groups excluding carboxylic acids is 2. The molecule has 168 valence electrons. The zero-order valence-corrected chi connectivity index (χ0v) is 19.5. The van der Waals surface area contributed by atoms with Gasteiger partial charge in [0.2, 0.25) is 0 Å². The van der Waals surface area contributed by atoms with Crippen molar-refractivity contribution in [3.8, 4) is 5.75 Å². The fourth-order valence-corrected chi connectivity index (χ4v) is 3.27. The summed E-state index contributed by atoms with van der Waals surface area (Å²) < 4.78 is 6.04. The Hall–Kier alpha value is -3.69. The van der Waals surface area contributed by atoms with Gasteiger partial charge < -0.3 is 15.4 Å². The Morgan fingerprint density at radius 1 is 1.09 bits per heavy atom. The van der Waals surface area contributed by atoms with Gasteiger partial charge in [0.25, 0.3) is 17.5 Å². The smallest absolute Gasteiger partial charge is 0.272 e. The van der Waals surface area contributed by atoms with Crippen LogP contribution in [0.1, 0.15) is 15.9 Å². The quantitative estimate of drug-likeness (QED) is 0.240. The SMILES string of the molecule is COc1ccc(Cl)cc1C(=O)NC(=Cc1cccc([N+](=O)[O-])c1)C(=O)Nc1ccc(Br)cc1. The highest BCUT2D eigenvalue weighted by Crippen LogP contribution is 2.23. The normalized spacial score (nSPS) is 10.9. The fourth-order valence-electron chi connectivity index (χ4n) is 2.83. The minimum absolute atomic E-state index is 0.117. The molecule has 0 unspecified atom stereocenters. The number of ether oxygens (including phenoxy) is 1. The van der Waals surface area contributed by atoms with Crippen molar-refractivity contribution in [3.05, 3.63) is 103 Å². The number of carbonyl (C=O) groups is 2. The first kappa shape index (κ1) is 24.0. The van der Waals surface area contributed by atoms with Crippen LogP contribution >= 0.6 is 27.5 Å². The van der Waals surface area contributed by atoms with E-state index in [4.69, 9.17) is 16.3 Å². The summed E-state index contributed by atoms with van der Waals surface area (Å²) in [6.45, 7) is 0. The van der Waals surface area contributed by atoms with Crippen molar-refractivity contribution in [3.63, 3.8) is 0 Å². The number of hydrogen-bond donors (Lipinski definition) is 2. The van der Waals surface area contributed by atoms with Crippen LogP contribution < -0.4 is 15.4 Å². The van der Waals surface area contributed by atoms with E-state index in [-0.39, 0.29) is 22.7 Å². The molecule has 0 heterocycles. The summed E-state index contributed by atoms with van der Waals surface area (Å²) in [6, 6.07) is 17.0. The number of nitro benzene ring substituents is 1. The number of halogens is 2. The van der Waals surface area contributed by atoms with Crippen molar-refractivity contribution >= 4 is 56.8 Å². The Morgan fingerprint density at radius 2 is 1.82 bits per heavy atom. The van der Waals surface area contributed by atoms with Gasteiger partial charge in [0.15, 0.2) is 0 Å². The number of nitrogens with one attached hydrogen (secondary N) is 2. The summed E-state index contributed by atoms with van der Waals surface area (Å²) in [4.78, 5) is 36.5. The molecule has 0 fully saturated rings. The number of amides is 2. The van der Waals surface area contributed by atoms with E-state index in [2.05, 4.69) is 26.6 Å². The number of rotatable bonds is 7. The molecule has 0 saturated carbocycles. The molecule has 2 amide bonds. The van der Waals surface area contributed by atoms with Crippen LogP contribution in [-0.4, -0.2) is 23.8 Å². The van der Waals surface area contributed by atoms with Crippen molar-refractivity contribution in [1.82, 2.24) is 5.32 Å². The van der Waals surface area contributed by atoms with Crippen LogP contribution in [0.5, 0.6) is 5.75 Å². The molecule has 10 heteroatoms. The molecule has 0 aliphatic rings. The Labute approximate surface area is 202 Å². The summed E-state index contributed by atoms with van der Waals surface area (Å²) in [7, 11) is 1.40. The second kappa shape index (κ2) is 10.8. The molecule has 0 saturated heterocycles. The maximum absolute atomic E-state index is 13.0. The number of methoxy groups -OCH3 is 1. The van der Waals surface area contributed by atoms with E-state index >= 15 is 0 Å². The van der Waals surface area contributed by atoms with Crippen molar-refractivity contribution < 1.29 is 19.2 Å². The number of anilines is 1. The molecular formula is C23H17BrClN3O5. The topological polar surface area (TPSA) is 111 Å². The molecule has 0 atom stereocenters. The molecule has 0 spiro atoms. The van der Waals surface area contributed by atoms with E-state index in [0.29, 0.717) is 16.3 Å². The Morgan fingerprint density at radius 3 is 2.48 bits per heavy atom. The first-order valence-electron chi connectivity index (χ1n) is 9.45. The van der Waals surface area contributed by atoms with Crippen LogP contribution in [0.4, 0.5) is 11.4 Å². The largest absolute Gasteiger partial charge is 0.496 e. The van der Waals surface area contributed by atoms with Crippen molar-refractivity contribution in [1.29, 1.82) is 0 Å². The molecule has 0 bridgehead atoms. The van der Waals surface area contributed by atoms with Gasteiger partial charge in [0.1, 0.15) is 11.4 Å². The van der Waals surface area contributed by atoms with Crippen LogP contribution in [0.15, 0.2) is 76.9 Å². The average Bonchev–Trinajstić information content (AvgIpc) is 2.80. The molecule has 0 radical (unpaired) electrons. The lowest BCUT2D eigenvalue weighted by Gasteiger charge is -2.13. The number of nitrogens with zero attached hydrogens (tertiary/aromatic N) is 1. The minimum atomic E-state index is -0.642. The van der Waals surface area contributed by atoms with Crippen molar-refractivity contribution in [2.45, 2.75) is 0 Å². The maximum Gasteiger partial charge on any atom is 0.272 e. The number of hydrogen-bond acceptors (Lipinski definition) is 5. The lowest BCUT2D eigenvalue weighted by atomic mass is 10.1. The maximum atomic E-state index is 13.0. The summed E-state index contributed by atoms with van der Waals surface area (Å²) in [5.74, 6) is -1.00. The Balaban J connectivity index is 1.97. The first-order valence-corrected chi connectivity index (χ1v) is 10.6. The van der Waals surface area contributed by atoms with Gasteiger partial charge in [-0.05, 0) is 54.1 Å². The predicted octanol–water partition coefficient (Wildman–Crippen LogP) is 5.43. The highest BCUT2D eigenvalue weighted by atomic mass is 79.9. The molecule has 0 aliphatic heterocycles. The van der Waals surface area contributed by atoms with Gasteiger partial charge in [-0.25, -0.2) is 0 Å². The van der Waals surface area contributed by atoms with E-state index in [1.165, 1.54) is 43.5 Å². The van der Waals surface area contributed by atoms with Crippen LogP contribution in [0.3, 0.4) is 0 Å².